The summed E-state index contributed by atoms with van der Waals surface area (Å²) in [7, 11) is 0. The molecule has 3 aromatic carbocycles. The van der Waals surface area contributed by atoms with Gasteiger partial charge in [0, 0.05) is 35.7 Å². The summed E-state index contributed by atoms with van der Waals surface area (Å²) >= 11 is 12.1. The molecule has 0 fully saturated rings. The molecule has 1 N–H and O–H groups in total. The van der Waals surface area contributed by atoms with E-state index in [9.17, 15) is 0 Å². The Morgan fingerprint density at radius 1 is 0.889 bits per heavy atom. The topological polar surface area (TPSA) is 20.2 Å². The number of rotatable bonds is 8. The maximum Gasteiger partial charge on any atom is 0.173 e. The van der Waals surface area contributed by atoms with E-state index in [1.165, 1.54) is 39.1 Å². The zero-order valence-electron chi connectivity index (χ0n) is 21.5. The summed E-state index contributed by atoms with van der Waals surface area (Å²) in [6.45, 7) is 10.9. The lowest BCUT2D eigenvalue weighted by atomic mass is 10.1. The highest BCUT2D eigenvalue weighted by atomic mass is 35.5. The molecule has 3 nitrogen and oxygen atoms in total. The molecule has 0 bridgehead atoms. The van der Waals surface area contributed by atoms with Crippen LogP contribution in [0.2, 0.25) is 5.02 Å². The first-order valence-electron chi connectivity index (χ1n) is 12.4. The third-order valence-corrected chi connectivity index (χ3v) is 7.23. The number of hydrogen-bond acceptors (Lipinski definition) is 1. The molecular weight excluding hydrogens is 482 g/mol. The molecule has 0 radical (unpaired) electrons. The molecule has 4 rings (SSSR count). The minimum Gasteiger partial charge on any atom is -0.345 e. The molecule has 0 saturated carbocycles. The van der Waals surface area contributed by atoms with Crippen LogP contribution in [0.3, 0.4) is 0 Å². The van der Waals surface area contributed by atoms with Crippen molar-refractivity contribution in [1.29, 1.82) is 0 Å². The van der Waals surface area contributed by atoms with Crippen LogP contribution in [0.25, 0.3) is 0 Å². The maximum absolute atomic E-state index is 6.10. The van der Waals surface area contributed by atoms with E-state index >= 15 is 0 Å². The molecule has 0 saturated heterocycles. The molecule has 0 atom stereocenters. The van der Waals surface area contributed by atoms with Crippen LogP contribution >= 0.6 is 23.8 Å². The second kappa shape index (κ2) is 11.8. The minimum absolute atomic E-state index is 0.724. The van der Waals surface area contributed by atoms with Crippen LogP contribution in [-0.4, -0.2) is 21.1 Å². The zero-order chi connectivity index (χ0) is 25.7. The maximum atomic E-state index is 6.10. The van der Waals surface area contributed by atoms with Crippen molar-refractivity contribution in [3.8, 4) is 0 Å². The molecule has 186 valence electrons. The average Bonchev–Trinajstić information content (AvgIpc) is 3.28. The Hall–Kier alpha value is -3.08. The van der Waals surface area contributed by atoms with E-state index in [-0.39, 0.29) is 0 Å². The van der Waals surface area contributed by atoms with Crippen molar-refractivity contribution in [3.05, 3.63) is 123 Å². The smallest absolute Gasteiger partial charge is 0.173 e. The molecule has 36 heavy (non-hydrogen) atoms. The third-order valence-electron chi connectivity index (χ3n) is 6.62. The molecule has 0 spiro atoms. The van der Waals surface area contributed by atoms with Crippen molar-refractivity contribution in [3.63, 3.8) is 0 Å². The molecule has 1 aromatic heterocycles. The van der Waals surface area contributed by atoms with Crippen molar-refractivity contribution >= 4 is 34.6 Å². The molecule has 0 unspecified atom stereocenters. The largest absolute Gasteiger partial charge is 0.345 e. The molecule has 5 heteroatoms. The van der Waals surface area contributed by atoms with Crippen LogP contribution < -0.4 is 5.32 Å². The van der Waals surface area contributed by atoms with Gasteiger partial charge in [0.1, 0.15) is 0 Å². The number of benzene rings is 3. The number of nitrogens with zero attached hydrogens (tertiary/aromatic N) is 2. The summed E-state index contributed by atoms with van der Waals surface area (Å²) in [5.74, 6) is 0. The Morgan fingerprint density at radius 2 is 1.61 bits per heavy atom. The lowest BCUT2D eigenvalue weighted by Gasteiger charge is -2.27. The predicted octanol–water partition coefficient (Wildman–Crippen LogP) is 7.87. The Kier molecular flexibility index (Phi) is 8.50. The molecule has 0 aliphatic rings. The third kappa shape index (κ3) is 6.77. The van der Waals surface area contributed by atoms with Crippen LogP contribution in [0.1, 0.15) is 39.1 Å². The van der Waals surface area contributed by atoms with Gasteiger partial charge in [-0.05, 0) is 104 Å². The van der Waals surface area contributed by atoms with Gasteiger partial charge in [0.25, 0.3) is 0 Å². The fourth-order valence-corrected chi connectivity index (χ4v) is 4.77. The lowest BCUT2D eigenvalue weighted by Crippen LogP contribution is -2.36. The summed E-state index contributed by atoms with van der Waals surface area (Å²) in [6, 6.07) is 25.5. The van der Waals surface area contributed by atoms with E-state index in [1.807, 2.05) is 12.1 Å². The fraction of sp³-hybridized carbons (Fsp3) is 0.258. The summed E-state index contributed by atoms with van der Waals surface area (Å²) < 4.78 is 2.33. The molecule has 0 aliphatic carbocycles. The van der Waals surface area contributed by atoms with Crippen molar-refractivity contribution in [2.75, 3.05) is 11.9 Å². The van der Waals surface area contributed by atoms with E-state index < -0.39 is 0 Å². The van der Waals surface area contributed by atoms with Crippen molar-refractivity contribution in [1.82, 2.24) is 9.47 Å². The molecule has 0 aliphatic heterocycles. The summed E-state index contributed by atoms with van der Waals surface area (Å²) in [6.07, 6.45) is 3.04. The minimum atomic E-state index is 0.724. The highest BCUT2D eigenvalue weighted by molar-refractivity contribution is 7.80. The van der Waals surface area contributed by atoms with E-state index in [0.29, 0.717) is 0 Å². The molecule has 4 aromatic rings. The molecular formula is C31H34ClN3S. The predicted molar refractivity (Wildman–Crippen MR) is 157 cm³/mol. The van der Waals surface area contributed by atoms with Gasteiger partial charge in [0.05, 0.1) is 6.54 Å². The number of aromatic nitrogens is 1. The Balaban J connectivity index is 1.55. The number of aryl methyl sites for hydroxylation is 4. The van der Waals surface area contributed by atoms with Crippen LogP contribution in [0, 0.1) is 27.7 Å². The SMILES string of the molecule is Cc1ccc(Cn2cccc2CN(CCc2ccc(Cl)cc2)C(=S)Nc2cc(C)ccc2C)c(C)c1. The molecule has 1 heterocycles. The monoisotopic (exact) mass is 515 g/mol. The first-order valence-corrected chi connectivity index (χ1v) is 13.1. The highest BCUT2D eigenvalue weighted by Gasteiger charge is 2.15. The average molecular weight is 516 g/mol. The number of thiocarbonyl (C=S) groups is 1. The van der Waals surface area contributed by atoms with Gasteiger partial charge >= 0.3 is 0 Å². The first kappa shape index (κ1) is 26.0. The van der Waals surface area contributed by atoms with Gasteiger partial charge < -0.3 is 14.8 Å². The normalized spacial score (nSPS) is 10.9. The Morgan fingerprint density at radius 3 is 2.36 bits per heavy atom. The van der Waals surface area contributed by atoms with Gasteiger partial charge in [0.2, 0.25) is 0 Å². The fourth-order valence-electron chi connectivity index (χ4n) is 4.38. The van der Waals surface area contributed by atoms with E-state index in [4.69, 9.17) is 23.8 Å². The van der Waals surface area contributed by atoms with Crippen LogP contribution in [0.15, 0.2) is 79.0 Å². The quantitative estimate of drug-likeness (QED) is 0.241. The van der Waals surface area contributed by atoms with Crippen LogP contribution in [-0.2, 0) is 19.5 Å². The van der Waals surface area contributed by atoms with E-state index in [1.54, 1.807) is 0 Å². The number of hydrogen-bond donors (Lipinski definition) is 1. The Labute approximate surface area is 225 Å². The Bertz CT molecular complexity index is 1340. The van der Waals surface area contributed by atoms with Gasteiger partial charge in [-0.2, -0.15) is 0 Å². The number of halogens is 1. The molecule has 0 amide bonds. The van der Waals surface area contributed by atoms with E-state index in [2.05, 4.69) is 109 Å². The first-order chi connectivity index (χ1) is 17.3. The van der Waals surface area contributed by atoms with Crippen molar-refractivity contribution in [2.24, 2.45) is 0 Å². The lowest BCUT2D eigenvalue weighted by molar-refractivity contribution is 0.409. The van der Waals surface area contributed by atoms with Gasteiger partial charge in [-0.25, -0.2) is 0 Å². The van der Waals surface area contributed by atoms with Crippen LogP contribution in [0.5, 0.6) is 0 Å². The van der Waals surface area contributed by atoms with E-state index in [0.717, 1.165) is 41.9 Å². The second-order valence-electron chi connectivity index (χ2n) is 9.60. The highest BCUT2D eigenvalue weighted by Crippen LogP contribution is 2.20. The zero-order valence-corrected chi connectivity index (χ0v) is 23.1. The van der Waals surface area contributed by atoms with Crippen molar-refractivity contribution in [2.45, 2.75) is 47.2 Å². The van der Waals surface area contributed by atoms with Crippen LogP contribution in [0.4, 0.5) is 5.69 Å². The summed E-state index contributed by atoms with van der Waals surface area (Å²) in [4.78, 5) is 2.26. The summed E-state index contributed by atoms with van der Waals surface area (Å²) in [5.41, 5.74) is 9.87. The summed E-state index contributed by atoms with van der Waals surface area (Å²) in [5, 5.41) is 5.01. The standard InChI is InChI=1S/C31H34ClN3S/c1-22-8-12-27(25(4)18-22)20-34-16-5-6-29(34)21-35(17-15-26-10-13-28(32)14-11-26)31(36)33-30-19-23(2)7-9-24(30)3/h5-14,16,18-19H,15,17,20-21H2,1-4H3,(H,33,36). The number of nitrogens with one attached hydrogen (secondary N) is 1. The van der Waals surface area contributed by atoms with Gasteiger partial charge in [0.15, 0.2) is 5.11 Å². The van der Waals surface area contributed by atoms with Crippen molar-refractivity contribution < 1.29 is 0 Å². The second-order valence-corrected chi connectivity index (χ2v) is 10.4. The van der Waals surface area contributed by atoms with Gasteiger partial charge in [-0.3, -0.25) is 0 Å². The van der Waals surface area contributed by atoms with Gasteiger partial charge in [-0.15, -0.1) is 0 Å². The number of anilines is 1. The van der Waals surface area contributed by atoms with Gasteiger partial charge in [-0.1, -0.05) is 59.6 Å².